The summed E-state index contributed by atoms with van der Waals surface area (Å²) in [4.78, 5) is 2.42. The summed E-state index contributed by atoms with van der Waals surface area (Å²) in [5.74, 6) is 0. The average Bonchev–Trinajstić information content (AvgIpc) is 4.04. The zero-order valence-corrected chi connectivity index (χ0v) is 32.5. The largest absolute Gasteiger partial charge is 0.456 e. The van der Waals surface area contributed by atoms with E-state index < -0.39 is 0 Å². The van der Waals surface area contributed by atoms with Crippen LogP contribution in [0.1, 0.15) is 0 Å². The van der Waals surface area contributed by atoms with Crippen molar-refractivity contribution in [2.45, 2.75) is 0 Å². The number of hydrogen-bond donors (Lipinski definition) is 0. The number of para-hydroxylation sites is 4. The number of hydrogen-bond acceptors (Lipinski definition) is 3. The lowest BCUT2D eigenvalue weighted by molar-refractivity contribution is 0.669. The number of nitrogens with zero attached hydrogens (tertiary/aromatic N) is 3. The van der Waals surface area contributed by atoms with Gasteiger partial charge in [0.05, 0.1) is 33.1 Å². The van der Waals surface area contributed by atoms with Crippen molar-refractivity contribution in [1.82, 2.24) is 9.13 Å². The summed E-state index contributed by atoms with van der Waals surface area (Å²) < 4.78 is 13.9. The molecular formula is C54H33N3OS. The number of aromatic nitrogens is 2. The average molecular weight is 772 g/mol. The molecule has 0 radical (unpaired) electrons. The molecule has 0 amide bonds. The fourth-order valence-electron chi connectivity index (χ4n) is 9.55. The molecule has 0 unspecified atom stereocenters. The quantitative estimate of drug-likeness (QED) is 0.174. The molecule has 59 heavy (non-hydrogen) atoms. The predicted molar refractivity (Wildman–Crippen MR) is 250 cm³/mol. The van der Waals surface area contributed by atoms with Crippen LogP contribution in [0.4, 0.5) is 17.1 Å². The van der Waals surface area contributed by atoms with E-state index in [2.05, 4.69) is 208 Å². The van der Waals surface area contributed by atoms with E-state index in [9.17, 15) is 0 Å². The van der Waals surface area contributed by atoms with Gasteiger partial charge >= 0.3 is 0 Å². The Morgan fingerprint density at radius 1 is 0.356 bits per heavy atom. The molecule has 0 saturated carbocycles. The highest BCUT2D eigenvalue weighted by molar-refractivity contribution is 7.25. The molecule has 0 atom stereocenters. The SMILES string of the molecule is c1ccc(-n2c3cc(N(c4ccc5c(c4)sc4ccccc45)c4cccc5oc6ccccc6c45)ccc3c3ccc(-n4c5ccccc5c5ccccc54)cc32)cc1. The van der Waals surface area contributed by atoms with E-state index in [4.69, 9.17) is 4.42 Å². The molecule has 0 aliphatic heterocycles. The molecule has 13 rings (SSSR count). The second-order valence-corrected chi connectivity index (χ2v) is 16.4. The molecule has 5 heteroatoms. The van der Waals surface area contributed by atoms with E-state index in [1.807, 2.05) is 17.4 Å². The lowest BCUT2D eigenvalue weighted by Gasteiger charge is -2.26. The van der Waals surface area contributed by atoms with Crippen LogP contribution >= 0.6 is 11.3 Å². The number of thiophene rings is 1. The van der Waals surface area contributed by atoms with Gasteiger partial charge in [-0.15, -0.1) is 11.3 Å². The predicted octanol–water partition coefficient (Wildman–Crippen LogP) is 15.6. The fraction of sp³-hybridized carbons (Fsp3) is 0. The van der Waals surface area contributed by atoms with Crippen LogP contribution in [-0.2, 0) is 0 Å². The number of benzene rings is 9. The van der Waals surface area contributed by atoms with Crippen molar-refractivity contribution in [2.75, 3.05) is 4.90 Å². The highest BCUT2D eigenvalue weighted by atomic mass is 32.1. The molecule has 4 aromatic heterocycles. The normalized spacial score (nSPS) is 12.1. The number of rotatable bonds is 5. The lowest BCUT2D eigenvalue weighted by atomic mass is 10.1. The molecule has 0 aliphatic rings. The van der Waals surface area contributed by atoms with E-state index in [0.29, 0.717) is 0 Å². The van der Waals surface area contributed by atoms with Crippen molar-refractivity contribution < 1.29 is 4.42 Å². The molecule has 0 fully saturated rings. The molecule has 276 valence electrons. The Morgan fingerprint density at radius 3 is 1.71 bits per heavy atom. The van der Waals surface area contributed by atoms with Gasteiger partial charge in [0.15, 0.2) is 0 Å². The lowest BCUT2D eigenvalue weighted by Crippen LogP contribution is -2.10. The molecule has 0 aliphatic carbocycles. The molecule has 0 bridgehead atoms. The molecule has 13 aromatic rings. The van der Waals surface area contributed by atoms with Gasteiger partial charge in [0, 0.05) is 69.9 Å². The van der Waals surface area contributed by atoms with Gasteiger partial charge in [-0.1, -0.05) is 115 Å². The maximum atomic E-state index is 6.48. The van der Waals surface area contributed by atoms with Crippen LogP contribution in [-0.4, -0.2) is 9.13 Å². The second-order valence-electron chi connectivity index (χ2n) is 15.3. The van der Waals surface area contributed by atoms with Gasteiger partial charge in [0.1, 0.15) is 11.2 Å². The van der Waals surface area contributed by atoms with Gasteiger partial charge < -0.3 is 18.5 Å². The Bertz CT molecular complexity index is 3760. The third kappa shape index (κ3) is 4.77. The van der Waals surface area contributed by atoms with Crippen LogP contribution in [0, 0.1) is 0 Å². The molecule has 4 heterocycles. The van der Waals surface area contributed by atoms with Crippen molar-refractivity contribution in [2.24, 2.45) is 0 Å². The van der Waals surface area contributed by atoms with E-state index >= 15 is 0 Å². The van der Waals surface area contributed by atoms with Gasteiger partial charge in [-0.25, -0.2) is 0 Å². The third-order valence-electron chi connectivity index (χ3n) is 12.1. The second kappa shape index (κ2) is 12.4. The first-order valence-electron chi connectivity index (χ1n) is 20.0. The van der Waals surface area contributed by atoms with Crippen LogP contribution in [0.5, 0.6) is 0 Å². The summed E-state index contributed by atoms with van der Waals surface area (Å²) in [6, 6.07) is 72.6. The molecule has 0 N–H and O–H groups in total. The Kier molecular flexibility index (Phi) is 6.85. The van der Waals surface area contributed by atoms with Crippen molar-refractivity contribution >= 4 is 114 Å². The Morgan fingerprint density at radius 2 is 0.915 bits per heavy atom. The first-order chi connectivity index (χ1) is 29.3. The van der Waals surface area contributed by atoms with E-state index in [0.717, 1.165) is 61.4 Å². The van der Waals surface area contributed by atoms with Gasteiger partial charge in [0.25, 0.3) is 0 Å². The van der Waals surface area contributed by atoms with E-state index in [1.165, 1.54) is 52.8 Å². The van der Waals surface area contributed by atoms with Crippen LogP contribution in [0.2, 0.25) is 0 Å². The Hall–Kier alpha value is -7.60. The standard InChI is InChI=1S/C54H33N3OS/c1-2-13-34(14-3-1)56-48-31-35(25-28-40(48)41-29-26-36(32-49(41)56)57-45-19-8-4-15-38(45)39-16-5-9-20-46(39)57)55(37-27-30-43-42-17-7-11-24-52(42)59-53(43)33-37)47-21-12-23-51-54(47)44-18-6-10-22-50(44)58-51/h1-33H. The zero-order valence-electron chi connectivity index (χ0n) is 31.7. The number of fused-ring (bicyclic) bond motifs is 12. The van der Waals surface area contributed by atoms with E-state index in [1.54, 1.807) is 0 Å². The van der Waals surface area contributed by atoms with Gasteiger partial charge in [-0.3, -0.25) is 0 Å². The Balaban J connectivity index is 1.09. The van der Waals surface area contributed by atoms with Gasteiger partial charge in [0.2, 0.25) is 0 Å². The van der Waals surface area contributed by atoms with Crippen molar-refractivity contribution in [3.8, 4) is 11.4 Å². The summed E-state index contributed by atoms with van der Waals surface area (Å²) in [6.45, 7) is 0. The number of anilines is 3. The van der Waals surface area contributed by atoms with E-state index in [-0.39, 0.29) is 0 Å². The molecule has 0 spiro atoms. The van der Waals surface area contributed by atoms with Crippen LogP contribution in [0.3, 0.4) is 0 Å². The summed E-state index contributed by atoms with van der Waals surface area (Å²) in [6.07, 6.45) is 0. The minimum Gasteiger partial charge on any atom is -0.456 e. The minimum absolute atomic E-state index is 0.869. The smallest absolute Gasteiger partial charge is 0.137 e. The highest BCUT2D eigenvalue weighted by Crippen LogP contribution is 2.46. The minimum atomic E-state index is 0.869. The summed E-state index contributed by atoms with van der Waals surface area (Å²) in [5, 5.41) is 9.69. The summed E-state index contributed by atoms with van der Waals surface area (Å²) >= 11 is 1.85. The van der Waals surface area contributed by atoms with Gasteiger partial charge in [-0.05, 0) is 84.9 Å². The van der Waals surface area contributed by atoms with Crippen LogP contribution in [0.25, 0.3) is 97.1 Å². The number of furan rings is 1. The fourth-order valence-corrected chi connectivity index (χ4v) is 10.7. The molecule has 9 aromatic carbocycles. The zero-order chi connectivity index (χ0) is 38.6. The Labute approximate surface area is 342 Å². The first kappa shape index (κ1) is 32.5. The molecular weight excluding hydrogens is 739 g/mol. The van der Waals surface area contributed by atoms with Crippen LogP contribution < -0.4 is 4.90 Å². The van der Waals surface area contributed by atoms with Crippen molar-refractivity contribution in [1.29, 1.82) is 0 Å². The van der Waals surface area contributed by atoms with Gasteiger partial charge in [-0.2, -0.15) is 0 Å². The molecule has 4 nitrogen and oxygen atoms in total. The topological polar surface area (TPSA) is 26.2 Å². The first-order valence-corrected chi connectivity index (χ1v) is 20.8. The van der Waals surface area contributed by atoms with Crippen LogP contribution in [0.15, 0.2) is 205 Å². The third-order valence-corrected chi connectivity index (χ3v) is 13.2. The maximum absolute atomic E-state index is 6.48. The highest BCUT2D eigenvalue weighted by Gasteiger charge is 2.23. The summed E-state index contributed by atoms with van der Waals surface area (Å²) in [5.41, 5.74) is 11.9. The summed E-state index contributed by atoms with van der Waals surface area (Å²) in [7, 11) is 0. The molecule has 0 saturated heterocycles. The maximum Gasteiger partial charge on any atom is 0.137 e. The van der Waals surface area contributed by atoms with Crippen molar-refractivity contribution in [3.05, 3.63) is 200 Å². The monoisotopic (exact) mass is 771 g/mol. The van der Waals surface area contributed by atoms with Crippen molar-refractivity contribution in [3.63, 3.8) is 0 Å².